The number of fused-ring (bicyclic) bond motifs is 1. The van der Waals surface area contributed by atoms with Gasteiger partial charge in [0.1, 0.15) is 6.07 Å². The van der Waals surface area contributed by atoms with Crippen molar-refractivity contribution in [1.82, 2.24) is 15.2 Å². The molecule has 2 aliphatic heterocycles. The lowest BCUT2D eigenvalue weighted by Gasteiger charge is -2.36. The molecule has 2 saturated heterocycles. The highest BCUT2D eigenvalue weighted by atomic mass is 35.5. The molecule has 3 aromatic rings. The summed E-state index contributed by atoms with van der Waals surface area (Å²) in [6.45, 7) is 9.67. The minimum absolute atomic E-state index is 0.0936. The Morgan fingerprint density at radius 1 is 0.951 bits per heavy atom. The number of anilines is 2. The highest BCUT2D eigenvalue weighted by molar-refractivity contribution is 6.36. The van der Waals surface area contributed by atoms with Crippen molar-refractivity contribution in [2.75, 3.05) is 49.2 Å². The van der Waals surface area contributed by atoms with Gasteiger partial charge in [-0.05, 0) is 62.8 Å². The Hall–Kier alpha value is -2.86. The summed E-state index contributed by atoms with van der Waals surface area (Å²) in [6.07, 6.45) is 10.2. The molecular weight excluding hydrogens is 536 g/mol. The fraction of sp³-hybridized carbons (Fsp3) is 0.594. The lowest BCUT2D eigenvalue weighted by Crippen LogP contribution is -2.40. The average molecular weight is 579 g/mol. The van der Waals surface area contributed by atoms with Crippen molar-refractivity contribution in [3.63, 3.8) is 0 Å². The molecule has 0 amide bonds. The molecule has 1 N–H and O–H groups in total. The van der Waals surface area contributed by atoms with E-state index in [-0.39, 0.29) is 6.29 Å². The summed E-state index contributed by atoms with van der Waals surface area (Å²) in [4.78, 5) is 8.00. The third kappa shape index (κ3) is 6.97. The number of aromatic nitrogens is 3. The molecule has 220 valence electrons. The third-order valence-electron chi connectivity index (χ3n) is 8.62. The molecule has 8 nitrogen and oxygen atoms in total. The predicted octanol–water partition coefficient (Wildman–Crippen LogP) is 7.04. The molecule has 1 aromatic carbocycles. The maximum Gasteiger partial charge on any atom is 0.160 e. The van der Waals surface area contributed by atoms with Gasteiger partial charge in [-0.25, -0.2) is 0 Å². The number of nitriles is 1. The monoisotopic (exact) mass is 578 g/mol. The molecule has 2 aliphatic rings. The minimum atomic E-state index is -0.0936. The molecule has 0 unspecified atom stereocenters. The van der Waals surface area contributed by atoms with Crippen LogP contribution in [0.1, 0.15) is 82.4 Å². The van der Waals surface area contributed by atoms with Crippen molar-refractivity contribution in [3.8, 4) is 6.07 Å². The van der Waals surface area contributed by atoms with Crippen LogP contribution < -0.4 is 9.80 Å². The first-order valence-electron chi connectivity index (χ1n) is 15.4. The van der Waals surface area contributed by atoms with Crippen molar-refractivity contribution in [2.24, 2.45) is 5.92 Å². The summed E-state index contributed by atoms with van der Waals surface area (Å²) in [6, 6.07) is 10.5. The van der Waals surface area contributed by atoms with E-state index in [0.29, 0.717) is 22.4 Å². The number of aromatic amines is 1. The first-order chi connectivity index (χ1) is 20.1. The molecule has 4 heterocycles. The van der Waals surface area contributed by atoms with E-state index >= 15 is 0 Å². The molecular formula is C32H43ClN6O2. The zero-order valence-corrected chi connectivity index (χ0v) is 25.2. The number of hydrogen-bond acceptors (Lipinski definition) is 7. The van der Waals surface area contributed by atoms with Gasteiger partial charge in [-0.15, -0.1) is 5.10 Å². The fourth-order valence-corrected chi connectivity index (χ4v) is 6.35. The van der Waals surface area contributed by atoms with Crippen LogP contribution in [0.25, 0.3) is 10.9 Å². The highest BCUT2D eigenvalue weighted by Gasteiger charge is 2.29. The quantitative estimate of drug-likeness (QED) is 0.182. The number of nitrogens with zero attached hydrogens (tertiary/aromatic N) is 5. The predicted molar refractivity (Wildman–Crippen MR) is 165 cm³/mol. The average Bonchev–Trinajstić information content (AvgIpc) is 3.46. The van der Waals surface area contributed by atoms with Crippen LogP contribution in [0.5, 0.6) is 0 Å². The Morgan fingerprint density at radius 2 is 1.63 bits per heavy atom. The summed E-state index contributed by atoms with van der Waals surface area (Å²) in [5.41, 5.74) is 3.70. The van der Waals surface area contributed by atoms with Crippen LogP contribution in [0.3, 0.4) is 0 Å². The molecule has 0 saturated carbocycles. The van der Waals surface area contributed by atoms with Crippen LogP contribution in [0.15, 0.2) is 30.5 Å². The lowest BCUT2D eigenvalue weighted by atomic mass is 9.92. The molecule has 0 atom stereocenters. The number of H-pyrrole nitrogens is 1. The van der Waals surface area contributed by atoms with E-state index in [9.17, 15) is 5.26 Å². The topological polar surface area (TPSA) is 90.3 Å². The minimum Gasteiger partial charge on any atom is -0.370 e. The van der Waals surface area contributed by atoms with Crippen molar-refractivity contribution >= 4 is 34.0 Å². The Labute approximate surface area is 249 Å². The zero-order valence-electron chi connectivity index (χ0n) is 24.4. The van der Waals surface area contributed by atoms with Gasteiger partial charge in [-0.2, -0.15) is 10.4 Å². The maximum absolute atomic E-state index is 9.45. The molecule has 0 radical (unpaired) electrons. The molecule has 5 rings (SSSR count). The second-order valence-electron chi connectivity index (χ2n) is 11.3. The summed E-state index contributed by atoms with van der Waals surface area (Å²) < 4.78 is 12.3. The Bertz CT molecular complexity index is 1280. The van der Waals surface area contributed by atoms with Crippen molar-refractivity contribution in [1.29, 1.82) is 5.26 Å². The molecule has 0 spiro atoms. The molecule has 0 bridgehead atoms. The van der Waals surface area contributed by atoms with Crippen LogP contribution in [-0.2, 0) is 9.47 Å². The molecule has 2 aromatic heterocycles. The summed E-state index contributed by atoms with van der Waals surface area (Å²) in [5, 5.41) is 20.2. The standard InChI is InChI=1S/C32H43ClN6O2/c1-3-5-19-40-32(41-20-6-4-2)24-13-17-39(18-14-24)29-10-8-27(36-37-29)23-11-15-38(16-12-23)28-9-7-26(33)30-25(21-34)22-35-31(28)30/h7-10,22-24,32,35H,3-6,11-20H2,1-2H3. The van der Waals surface area contributed by atoms with E-state index in [1.165, 1.54) is 0 Å². The first-order valence-corrected chi connectivity index (χ1v) is 15.8. The van der Waals surface area contributed by atoms with Gasteiger partial charge in [0.25, 0.3) is 0 Å². The van der Waals surface area contributed by atoms with E-state index in [2.05, 4.69) is 63.1 Å². The number of unbranched alkanes of at least 4 members (excludes halogenated alkanes) is 2. The number of hydrogen-bond donors (Lipinski definition) is 1. The van der Waals surface area contributed by atoms with Gasteiger partial charge in [-0.3, -0.25) is 0 Å². The van der Waals surface area contributed by atoms with Gasteiger partial charge in [0.05, 0.1) is 27.5 Å². The molecule has 2 fully saturated rings. The lowest BCUT2D eigenvalue weighted by molar-refractivity contribution is -0.177. The number of benzene rings is 1. The van der Waals surface area contributed by atoms with E-state index in [1.807, 2.05) is 6.07 Å². The van der Waals surface area contributed by atoms with E-state index in [4.69, 9.17) is 21.1 Å². The van der Waals surface area contributed by atoms with Crippen LogP contribution in [0.4, 0.5) is 11.5 Å². The van der Waals surface area contributed by atoms with Crippen LogP contribution in [0, 0.1) is 17.2 Å². The number of piperidine rings is 2. The molecule has 9 heteroatoms. The van der Waals surface area contributed by atoms with Crippen molar-refractivity contribution < 1.29 is 9.47 Å². The summed E-state index contributed by atoms with van der Waals surface area (Å²) in [7, 11) is 0. The van der Waals surface area contributed by atoms with Gasteiger partial charge in [0, 0.05) is 62.8 Å². The van der Waals surface area contributed by atoms with Crippen LogP contribution in [0.2, 0.25) is 5.02 Å². The first kappa shape index (κ1) is 29.6. The number of ether oxygens (including phenoxy) is 2. The fourth-order valence-electron chi connectivity index (χ4n) is 6.09. The number of nitrogens with one attached hydrogen (secondary N) is 1. The smallest absolute Gasteiger partial charge is 0.160 e. The SMILES string of the molecule is CCCCOC(OCCCC)C1CCN(c2ccc(C3CCN(c4ccc(Cl)c5c(C#N)c[nH]c45)CC3)nn2)CC1. The van der Waals surface area contributed by atoms with Gasteiger partial charge in [-0.1, -0.05) is 38.3 Å². The van der Waals surface area contributed by atoms with Gasteiger partial charge < -0.3 is 24.3 Å². The van der Waals surface area contributed by atoms with E-state index in [0.717, 1.165) is 119 Å². The third-order valence-corrected chi connectivity index (χ3v) is 8.93. The van der Waals surface area contributed by atoms with E-state index in [1.54, 1.807) is 6.20 Å². The highest BCUT2D eigenvalue weighted by Crippen LogP contribution is 2.37. The molecule has 41 heavy (non-hydrogen) atoms. The Balaban J connectivity index is 1.14. The Morgan fingerprint density at radius 3 is 2.24 bits per heavy atom. The Kier molecular flexibility index (Phi) is 10.4. The van der Waals surface area contributed by atoms with Crippen LogP contribution >= 0.6 is 11.6 Å². The van der Waals surface area contributed by atoms with Crippen molar-refractivity contribution in [2.45, 2.75) is 77.4 Å². The number of halogens is 1. The molecule has 0 aliphatic carbocycles. The summed E-state index contributed by atoms with van der Waals surface area (Å²) in [5.74, 6) is 1.78. The van der Waals surface area contributed by atoms with Gasteiger partial charge in [0.15, 0.2) is 12.1 Å². The van der Waals surface area contributed by atoms with Gasteiger partial charge in [0.2, 0.25) is 0 Å². The maximum atomic E-state index is 9.45. The summed E-state index contributed by atoms with van der Waals surface area (Å²) >= 11 is 6.41. The normalized spacial score (nSPS) is 17.0. The number of rotatable bonds is 12. The zero-order chi connectivity index (χ0) is 28.6. The second-order valence-corrected chi connectivity index (χ2v) is 11.8. The van der Waals surface area contributed by atoms with Crippen LogP contribution in [-0.4, -0.2) is 60.9 Å². The van der Waals surface area contributed by atoms with Crippen molar-refractivity contribution in [3.05, 3.63) is 46.7 Å². The second kappa shape index (κ2) is 14.4. The largest absolute Gasteiger partial charge is 0.370 e. The van der Waals surface area contributed by atoms with Gasteiger partial charge >= 0.3 is 0 Å². The van der Waals surface area contributed by atoms with E-state index < -0.39 is 0 Å².